The zero-order valence-electron chi connectivity index (χ0n) is 10.3. The van der Waals surface area contributed by atoms with E-state index < -0.39 is 5.97 Å². The van der Waals surface area contributed by atoms with E-state index in [4.69, 9.17) is 5.11 Å². The second kappa shape index (κ2) is 4.97. The fourth-order valence-corrected chi connectivity index (χ4v) is 2.56. The molecule has 1 aromatic heterocycles. The first-order valence-electron chi connectivity index (χ1n) is 5.28. The molecule has 1 heterocycles. The third-order valence-electron chi connectivity index (χ3n) is 2.23. The molecule has 0 bridgehead atoms. The van der Waals surface area contributed by atoms with Crippen LogP contribution in [0.2, 0.25) is 0 Å². The van der Waals surface area contributed by atoms with Crippen molar-refractivity contribution in [3.05, 3.63) is 21.9 Å². The molecular weight excluding hydrogens is 222 g/mol. The Hall–Kier alpha value is -0.870. The van der Waals surface area contributed by atoms with Gasteiger partial charge in [-0.05, 0) is 24.6 Å². The summed E-state index contributed by atoms with van der Waals surface area (Å²) < 4.78 is 0. The second-order valence-corrected chi connectivity index (χ2v) is 6.25. The van der Waals surface area contributed by atoms with Gasteiger partial charge in [0.25, 0.3) is 0 Å². The number of hydrogen-bond donors (Lipinski definition) is 1. The van der Waals surface area contributed by atoms with E-state index in [2.05, 4.69) is 32.9 Å². The largest absolute Gasteiger partial charge is 0.480 e. The second-order valence-electron chi connectivity index (χ2n) is 5.08. The Balaban J connectivity index is 2.62. The maximum atomic E-state index is 10.5. The highest BCUT2D eigenvalue weighted by Gasteiger charge is 2.16. The van der Waals surface area contributed by atoms with Crippen LogP contribution in [-0.4, -0.2) is 29.6 Å². The molecule has 3 nitrogen and oxygen atoms in total. The summed E-state index contributed by atoms with van der Waals surface area (Å²) in [6.45, 7) is 7.34. The Kier molecular flexibility index (Phi) is 4.10. The highest BCUT2D eigenvalue weighted by Crippen LogP contribution is 2.29. The molecule has 0 aromatic carbocycles. The maximum absolute atomic E-state index is 10.5. The van der Waals surface area contributed by atoms with E-state index in [0.717, 1.165) is 0 Å². The smallest absolute Gasteiger partial charge is 0.317 e. The fraction of sp³-hybridized carbons (Fsp3) is 0.583. The SMILES string of the molecule is CN(CC(=O)O)Cc1ccc(C(C)(C)C)s1. The van der Waals surface area contributed by atoms with Gasteiger partial charge in [0.15, 0.2) is 0 Å². The molecule has 90 valence electrons. The van der Waals surface area contributed by atoms with Gasteiger partial charge >= 0.3 is 5.97 Å². The highest BCUT2D eigenvalue weighted by atomic mass is 32.1. The number of carboxylic acid groups (broad SMARTS) is 1. The average Bonchev–Trinajstić information content (AvgIpc) is 2.49. The van der Waals surface area contributed by atoms with E-state index in [1.807, 2.05) is 7.05 Å². The van der Waals surface area contributed by atoms with Crippen LogP contribution in [0.4, 0.5) is 0 Å². The minimum absolute atomic E-state index is 0.0861. The van der Waals surface area contributed by atoms with Crippen molar-refractivity contribution in [2.24, 2.45) is 0 Å². The van der Waals surface area contributed by atoms with Crippen molar-refractivity contribution in [2.45, 2.75) is 32.7 Å². The summed E-state index contributed by atoms with van der Waals surface area (Å²) >= 11 is 1.76. The number of carbonyl (C=O) groups is 1. The van der Waals surface area contributed by atoms with Gasteiger partial charge in [-0.1, -0.05) is 20.8 Å². The number of hydrogen-bond acceptors (Lipinski definition) is 3. The minimum Gasteiger partial charge on any atom is -0.480 e. The molecule has 0 saturated carbocycles. The quantitative estimate of drug-likeness (QED) is 0.880. The summed E-state index contributed by atoms with van der Waals surface area (Å²) in [6, 6.07) is 4.22. The molecule has 0 spiro atoms. The first kappa shape index (κ1) is 13.2. The summed E-state index contributed by atoms with van der Waals surface area (Å²) in [5.74, 6) is -0.782. The van der Waals surface area contributed by atoms with E-state index in [-0.39, 0.29) is 12.0 Å². The summed E-state index contributed by atoms with van der Waals surface area (Å²) in [7, 11) is 1.82. The number of nitrogens with zero attached hydrogens (tertiary/aromatic N) is 1. The summed E-state index contributed by atoms with van der Waals surface area (Å²) in [5.41, 5.74) is 0.175. The van der Waals surface area contributed by atoms with Crippen molar-refractivity contribution < 1.29 is 9.90 Å². The normalized spacial score (nSPS) is 12.1. The molecule has 16 heavy (non-hydrogen) atoms. The number of thiophene rings is 1. The first-order valence-corrected chi connectivity index (χ1v) is 6.10. The van der Waals surface area contributed by atoms with E-state index >= 15 is 0 Å². The summed E-state index contributed by atoms with van der Waals surface area (Å²) in [4.78, 5) is 14.9. The summed E-state index contributed by atoms with van der Waals surface area (Å²) in [5, 5.41) is 8.66. The van der Waals surface area contributed by atoms with Crippen LogP contribution in [0.1, 0.15) is 30.5 Å². The molecule has 1 aromatic rings. The van der Waals surface area contributed by atoms with Crippen molar-refractivity contribution in [1.29, 1.82) is 0 Å². The van der Waals surface area contributed by atoms with Crippen LogP contribution in [0.5, 0.6) is 0 Å². The third-order valence-corrected chi connectivity index (χ3v) is 3.73. The van der Waals surface area contributed by atoms with E-state index in [9.17, 15) is 4.79 Å². The molecule has 1 rings (SSSR count). The van der Waals surface area contributed by atoms with E-state index in [1.165, 1.54) is 9.75 Å². The van der Waals surface area contributed by atoms with Gasteiger partial charge in [0, 0.05) is 16.3 Å². The van der Waals surface area contributed by atoms with Gasteiger partial charge < -0.3 is 5.11 Å². The van der Waals surface area contributed by atoms with Crippen LogP contribution in [0.15, 0.2) is 12.1 Å². The summed E-state index contributed by atoms with van der Waals surface area (Å²) in [6.07, 6.45) is 0. The molecule has 1 N–H and O–H groups in total. The number of likely N-dealkylation sites (N-methyl/N-ethyl adjacent to an activating group) is 1. The molecule has 0 saturated heterocycles. The number of aliphatic carboxylic acids is 1. The minimum atomic E-state index is -0.782. The van der Waals surface area contributed by atoms with Crippen molar-refractivity contribution in [3.8, 4) is 0 Å². The van der Waals surface area contributed by atoms with E-state index in [1.54, 1.807) is 16.2 Å². The Morgan fingerprint density at radius 1 is 1.44 bits per heavy atom. The molecule has 0 unspecified atom stereocenters. The molecule has 0 radical (unpaired) electrons. The molecule has 0 aliphatic carbocycles. The van der Waals surface area contributed by atoms with Crippen LogP contribution >= 0.6 is 11.3 Å². The zero-order valence-corrected chi connectivity index (χ0v) is 11.1. The lowest BCUT2D eigenvalue weighted by molar-refractivity contribution is -0.138. The average molecular weight is 241 g/mol. The standard InChI is InChI=1S/C12H19NO2S/c1-12(2,3)10-6-5-9(16-10)7-13(4)8-11(14)15/h5-6H,7-8H2,1-4H3,(H,14,15). The van der Waals surface area contributed by atoms with E-state index in [0.29, 0.717) is 6.54 Å². The van der Waals surface area contributed by atoms with Crippen LogP contribution in [0.25, 0.3) is 0 Å². The lowest BCUT2D eigenvalue weighted by atomic mass is 9.95. The molecular formula is C12H19NO2S. The van der Waals surface area contributed by atoms with Crippen molar-refractivity contribution in [2.75, 3.05) is 13.6 Å². The van der Waals surface area contributed by atoms with Crippen molar-refractivity contribution in [1.82, 2.24) is 4.90 Å². The lowest BCUT2D eigenvalue weighted by Crippen LogP contribution is -2.24. The lowest BCUT2D eigenvalue weighted by Gasteiger charge is -2.16. The Bertz CT molecular complexity index is 365. The molecule has 4 heteroatoms. The van der Waals surface area contributed by atoms with Crippen molar-refractivity contribution in [3.63, 3.8) is 0 Å². The van der Waals surface area contributed by atoms with Gasteiger partial charge in [-0.15, -0.1) is 11.3 Å². The Morgan fingerprint density at radius 2 is 2.06 bits per heavy atom. The predicted molar refractivity (Wildman–Crippen MR) is 67.0 cm³/mol. The molecule has 0 fully saturated rings. The topological polar surface area (TPSA) is 40.5 Å². The van der Waals surface area contributed by atoms with Gasteiger partial charge in [0.05, 0.1) is 6.54 Å². The third kappa shape index (κ3) is 3.94. The Morgan fingerprint density at radius 3 is 2.50 bits per heavy atom. The zero-order chi connectivity index (χ0) is 12.3. The van der Waals surface area contributed by atoms with Crippen LogP contribution in [-0.2, 0) is 16.8 Å². The fourth-order valence-electron chi connectivity index (χ4n) is 1.42. The first-order chi connectivity index (χ1) is 7.29. The monoisotopic (exact) mass is 241 g/mol. The van der Waals surface area contributed by atoms with Crippen molar-refractivity contribution >= 4 is 17.3 Å². The molecule has 0 atom stereocenters. The van der Waals surface area contributed by atoms with Crippen LogP contribution in [0, 0.1) is 0 Å². The predicted octanol–water partition coefficient (Wildman–Crippen LogP) is 2.56. The highest BCUT2D eigenvalue weighted by molar-refractivity contribution is 7.12. The maximum Gasteiger partial charge on any atom is 0.317 e. The molecule has 0 amide bonds. The van der Waals surface area contributed by atoms with Gasteiger partial charge in [-0.2, -0.15) is 0 Å². The van der Waals surface area contributed by atoms with Crippen LogP contribution < -0.4 is 0 Å². The number of rotatable bonds is 4. The number of carboxylic acids is 1. The van der Waals surface area contributed by atoms with Gasteiger partial charge in [0.1, 0.15) is 0 Å². The molecule has 0 aliphatic rings. The van der Waals surface area contributed by atoms with Gasteiger partial charge in [-0.3, -0.25) is 9.69 Å². The van der Waals surface area contributed by atoms with Gasteiger partial charge in [0.2, 0.25) is 0 Å². The Labute approximate surface area is 101 Å². The van der Waals surface area contributed by atoms with Gasteiger partial charge in [-0.25, -0.2) is 0 Å². The van der Waals surface area contributed by atoms with Crippen LogP contribution in [0.3, 0.4) is 0 Å². The molecule has 0 aliphatic heterocycles.